The Morgan fingerprint density at radius 1 is 0.939 bits per heavy atom. The number of aromatic amines is 1. The molecular formula is C26H24N6O. The van der Waals surface area contributed by atoms with Crippen molar-refractivity contribution in [3.63, 3.8) is 0 Å². The molecule has 3 heterocycles. The van der Waals surface area contributed by atoms with Crippen LogP contribution in [-0.2, 0) is 0 Å². The highest BCUT2D eigenvalue weighted by molar-refractivity contribution is 5.87. The normalized spacial score (nSPS) is 12.1. The second kappa shape index (κ2) is 8.70. The zero-order chi connectivity index (χ0) is 22.8. The molecule has 1 unspecified atom stereocenters. The van der Waals surface area contributed by atoms with Crippen LogP contribution in [0.15, 0.2) is 73.1 Å². The number of aromatic nitrogens is 5. The summed E-state index contributed by atoms with van der Waals surface area (Å²) < 4.78 is 6.04. The number of imidazole rings is 1. The van der Waals surface area contributed by atoms with Crippen LogP contribution in [0.25, 0.3) is 33.4 Å². The molecule has 33 heavy (non-hydrogen) atoms. The zero-order valence-electron chi connectivity index (χ0n) is 18.5. The third-order valence-corrected chi connectivity index (χ3v) is 5.54. The predicted molar refractivity (Wildman–Crippen MR) is 130 cm³/mol. The minimum atomic E-state index is 0.0939. The van der Waals surface area contributed by atoms with Gasteiger partial charge in [0.1, 0.15) is 11.5 Å². The van der Waals surface area contributed by atoms with Crippen molar-refractivity contribution in [3.05, 3.63) is 84.6 Å². The number of ether oxygens (including phenoxy) is 1. The van der Waals surface area contributed by atoms with Crippen LogP contribution in [0.3, 0.4) is 0 Å². The average molecular weight is 437 g/mol. The number of rotatable bonds is 6. The lowest BCUT2D eigenvalue weighted by molar-refractivity contribution is 0.284. The molecule has 7 heteroatoms. The second-order valence-electron chi connectivity index (χ2n) is 8.02. The largest absolute Gasteiger partial charge is 0.474 e. The highest BCUT2D eigenvalue weighted by Gasteiger charge is 2.18. The number of nitrogens with one attached hydrogen (secondary N) is 1. The van der Waals surface area contributed by atoms with Crippen LogP contribution < -0.4 is 10.5 Å². The van der Waals surface area contributed by atoms with Gasteiger partial charge in [-0.1, -0.05) is 49.4 Å². The number of benzene rings is 2. The van der Waals surface area contributed by atoms with E-state index in [0.29, 0.717) is 23.9 Å². The Kier molecular flexibility index (Phi) is 5.44. The van der Waals surface area contributed by atoms with Crippen molar-refractivity contribution < 1.29 is 4.74 Å². The van der Waals surface area contributed by atoms with Gasteiger partial charge in [0.2, 0.25) is 0 Å². The van der Waals surface area contributed by atoms with E-state index >= 15 is 0 Å². The smallest absolute Gasteiger partial charge is 0.257 e. The second-order valence-corrected chi connectivity index (χ2v) is 8.02. The van der Waals surface area contributed by atoms with Gasteiger partial charge in [0.15, 0.2) is 5.82 Å². The van der Waals surface area contributed by atoms with Crippen molar-refractivity contribution in [1.82, 2.24) is 24.9 Å². The fourth-order valence-electron chi connectivity index (χ4n) is 3.74. The molecule has 5 aromatic rings. The maximum absolute atomic E-state index is 6.30. The summed E-state index contributed by atoms with van der Waals surface area (Å²) in [5, 5.41) is 1.03. The Morgan fingerprint density at radius 2 is 1.76 bits per heavy atom. The van der Waals surface area contributed by atoms with E-state index in [0.717, 1.165) is 33.5 Å². The molecule has 0 radical (unpaired) electrons. The fraction of sp³-hybridized carbons (Fsp3) is 0.154. The van der Waals surface area contributed by atoms with Gasteiger partial charge >= 0.3 is 0 Å². The molecule has 0 saturated carbocycles. The van der Waals surface area contributed by atoms with E-state index in [9.17, 15) is 0 Å². The standard InChI is InChI=1S/C26H24N6O/c1-16(22-14-29-17(2)30-22)15-33-26-25(27)31-23(18-7-4-3-5-8-18)24(32-26)20-10-11-21-19(13-20)9-6-12-28-21/h3-14,16H,15H2,1-2H3,(H2,27,31)(H,29,30). The number of nitrogens with zero attached hydrogens (tertiary/aromatic N) is 4. The van der Waals surface area contributed by atoms with E-state index in [1.54, 1.807) is 6.20 Å². The number of pyridine rings is 1. The Labute approximate surface area is 191 Å². The summed E-state index contributed by atoms with van der Waals surface area (Å²) in [5.74, 6) is 1.54. The van der Waals surface area contributed by atoms with Gasteiger partial charge in [0, 0.05) is 40.5 Å². The minimum Gasteiger partial charge on any atom is -0.474 e. The van der Waals surface area contributed by atoms with Gasteiger partial charge in [-0.15, -0.1) is 0 Å². The van der Waals surface area contributed by atoms with Crippen LogP contribution in [0.5, 0.6) is 5.88 Å². The number of nitrogens with two attached hydrogens (primary N) is 1. The summed E-state index contributed by atoms with van der Waals surface area (Å²) in [4.78, 5) is 21.5. The molecule has 164 valence electrons. The van der Waals surface area contributed by atoms with Gasteiger partial charge in [0.25, 0.3) is 5.88 Å². The molecule has 3 aromatic heterocycles. The van der Waals surface area contributed by atoms with Crippen molar-refractivity contribution in [2.24, 2.45) is 0 Å². The summed E-state index contributed by atoms with van der Waals surface area (Å²) in [6.07, 6.45) is 3.61. The number of H-pyrrole nitrogens is 1. The highest BCUT2D eigenvalue weighted by atomic mass is 16.5. The molecule has 0 aliphatic heterocycles. The maximum atomic E-state index is 6.30. The van der Waals surface area contributed by atoms with Crippen LogP contribution in [0.2, 0.25) is 0 Å². The lowest BCUT2D eigenvalue weighted by Gasteiger charge is -2.16. The molecule has 0 aliphatic rings. The SMILES string of the molecule is Cc1ncc(C(C)COc2nc(-c3ccc4ncccc4c3)c(-c3ccccc3)nc2N)[nH]1. The molecule has 3 N–H and O–H groups in total. The molecular weight excluding hydrogens is 412 g/mol. The Hall–Kier alpha value is -4.26. The van der Waals surface area contributed by atoms with Crippen molar-refractivity contribution in [2.45, 2.75) is 19.8 Å². The van der Waals surface area contributed by atoms with Crippen LogP contribution in [0.1, 0.15) is 24.4 Å². The van der Waals surface area contributed by atoms with Gasteiger partial charge in [-0.25, -0.2) is 15.0 Å². The first-order chi connectivity index (χ1) is 16.1. The van der Waals surface area contributed by atoms with Crippen LogP contribution in [-0.4, -0.2) is 31.5 Å². The number of hydrogen-bond acceptors (Lipinski definition) is 6. The highest BCUT2D eigenvalue weighted by Crippen LogP contribution is 2.34. The molecule has 0 bridgehead atoms. The number of fused-ring (bicyclic) bond motifs is 1. The number of nitrogen functional groups attached to an aromatic ring is 1. The van der Waals surface area contributed by atoms with Gasteiger partial charge in [-0.3, -0.25) is 4.98 Å². The lowest BCUT2D eigenvalue weighted by Crippen LogP contribution is -2.11. The number of aryl methyl sites for hydroxylation is 1. The summed E-state index contributed by atoms with van der Waals surface area (Å²) in [6, 6.07) is 19.9. The lowest BCUT2D eigenvalue weighted by atomic mass is 10.0. The van der Waals surface area contributed by atoms with E-state index in [4.69, 9.17) is 20.4 Å². The monoisotopic (exact) mass is 436 g/mol. The number of anilines is 1. The molecule has 0 amide bonds. The van der Waals surface area contributed by atoms with Crippen LogP contribution >= 0.6 is 0 Å². The Morgan fingerprint density at radius 3 is 2.55 bits per heavy atom. The molecule has 7 nitrogen and oxygen atoms in total. The third kappa shape index (κ3) is 4.25. The van der Waals surface area contributed by atoms with E-state index in [2.05, 4.69) is 27.9 Å². The summed E-state index contributed by atoms with van der Waals surface area (Å²) >= 11 is 0. The van der Waals surface area contributed by atoms with Gasteiger partial charge in [0.05, 0.1) is 17.8 Å². The van der Waals surface area contributed by atoms with Gasteiger partial charge in [-0.05, 0) is 25.1 Å². The topological polar surface area (TPSA) is 103 Å². The first kappa shape index (κ1) is 20.6. The van der Waals surface area contributed by atoms with Gasteiger partial charge < -0.3 is 15.5 Å². The van der Waals surface area contributed by atoms with Crippen molar-refractivity contribution in [2.75, 3.05) is 12.3 Å². The summed E-state index contributed by atoms with van der Waals surface area (Å²) in [7, 11) is 0. The zero-order valence-corrected chi connectivity index (χ0v) is 18.5. The van der Waals surface area contributed by atoms with E-state index in [1.807, 2.05) is 67.7 Å². The first-order valence-corrected chi connectivity index (χ1v) is 10.8. The summed E-state index contributed by atoms with van der Waals surface area (Å²) in [5.41, 5.74) is 11.5. The third-order valence-electron chi connectivity index (χ3n) is 5.54. The Bertz CT molecular complexity index is 1410. The molecule has 0 saturated heterocycles. The van der Waals surface area contributed by atoms with E-state index < -0.39 is 0 Å². The molecule has 2 aromatic carbocycles. The molecule has 0 fully saturated rings. The predicted octanol–water partition coefficient (Wildman–Crippen LogP) is 5.16. The summed E-state index contributed by atoms with van der Waals surface area (Å²) in [6.45, 7) is 4.38. The minimum absolute atomic E-state index is 0.0939. The quantitative estimate of drug-likeness (QED) is 0.381. The average Bonchev–Trinajstić information content (AvgIpc) is 3.29. The van der Waals surface area contributed by atoms with Crippen molar-refractivity contribution in [1.29, 1.82) is 0 Å². The van der Waals surface area contributed by atoms with E-state index in [1.165, 1.54) is 0 Å². The van der Waals surface area contributed by atoms with Crippen molar-refractivity contribution in [3.8, 4) is 28.4 Å². The van der Waals surface area contributed by atoms with Crippen molar-refractivity contribution >= 4 is 16.7 Å². The molecule has 5 rings (SSSR count). The van der Waals surface area contributed by atoms with E-state index in [-0.39, 0.29) is 11.7 Å². The fourth-order valence-corrected chi connectivity index (χ4v) is 3.74. The van der Waals surface area contributed by atoms with Crippen LogP contribution in [0.4, 0.5) is 5.82 Å². The molecule has 0 spiro atoms. The van der Waals surface area contributed by atoms with Crippen LogP contribution in [0, 0.1) is 6.92 Å². The number of hydrogen-bond donors (Lipinski definition) is 2. The maximum Gasteiger partial charge on any atom is 0.257 e. The molecule has 1 atom stereocenters. The first-order valence-electron chi connectivity index (χ1n) is 10.8. The molecule has 0 aliphatic carbocycles. The van der Waals surface area contributed by atoms with Gasteiger partial charge in [-0.2, -0.15) is 0 Å². The Balaban J connectivity index is 1.55.